The number of hydrogen-bond acceptors (Lipinski definition) is 0. The van der Waals surface area contributed by atoms with E-state index in [1.54, 1.807) is 0 Å². The third-order valence-electron chi connectivity index (χ3n) is 1.08. The van der Waals surface area contributed by atoms with Gasteiger partial charge in [-0.05, 0) is 12.6 Å². The summed E-state index contributed by atoms with van der Waals surface area (Å²) in [6, 6.07) is 0. The lowest BCUT2D eigenvalue weighted by atomic mass is 10.4. The van der Waals surface area contributed by atoms with Crippen molar-refractivity contribution in [3.8, 4) is 0 Å². The quantitative estimate of drug-likeness (QED) is 0.361. The molecule has 7 heavy (non-hydrogen) atoms. The molecule has 1 rings (SSSR count). The van der Waals surface area contributed by atoms with Gasteiger partial charge in [0.25, 0.3) is 0 Å². The molecule has 0 N–H and O–H groups in total. The molecule has 0 spiro atoms. The predicted octanol–water partition coefficient (Wildman–Crippen LogP) is 2.63. The third kappa shape index (κ3) is 1.94. The highest BCUT2D eigenvalue weighted by atomic mass is 127. The molecule has 0 saturated carbocycles. The van der Waals surface area contributed by atoms with E-state index in [1.807, 2.05) is 0 Å². The second-order valence-electron chi connectivity index (χ2n) is 1.66. The summed E-state index contributed by atoms with van der Waals surface area (Å²) in [7, 11) is 1.24. The lowest BCUT2D eigenvalue weighted by Crippen LogP contribution is -1.98. The van der Waals surface area contributed by atoms with Gasteiger partial charge in [0.15, 0.2) is 0 Å². The maximum absolute atomic E-state index is 2.56. The molecule has 0 amide bonds. The fraction of sp³-hybridized carbons (Fsp3) is 1.00. The molecule has 1 heterocycles. The monoisotopic (exact) mass is 340 g/mol. The maximum Gasteiger partial charge on any atom is 0.0399 e. The number of rotatable bonds is 0. The predicted molar refractivity (Wildman–Crippen MR) is 53.4 cm³/mol. The first-order valence-corrected chi connectivity index (χ1v) is 6.10. The molecular weight excluding hydrogens is 333 g/mol. The minimum Gasteiger partial charge on any atom is -0.107 e. The van der Waals surface area contributed by atoms with Crippen LogP contribution in [0.15, 0.2) is 0 Å². The van der Waals surface area contributed by atoms with Crippen molar-refractivity contribution in [2.24, 2.45) is 0 Å². The van der Waals surface area contributed by atoms with Gasteiger partial charge in [-0.2, -0.15) is 0 Å². The van der Waals surface area contributed by atoms with E-state index in [1.165, 1.54) is 21.2 Å². The molecule has 0 aromatic heterocycles. The summed E-state index contributed by atoms with van der Waals surface area (Å²) in [6.07, 6.45) is 2.95. The fourth-order valence-corrected chi connectivity index (χ4v) is 4.76. The van der Waals surface area contributed by atoms with Crippen LogP contribution >= 0.6 is 53.8 Å². The summed E-state index contributed by atoms with van der Waals surface area (Å²) in [5, 5.41) is 0. The molecule has 1 fully saturated rings. The van der Waals surface area contributed by atoms with Gasteiger partial charge in [0.1, 0.15) is 0 Å². The van der Waals surface area contributed by atoms with E-state index in [0.29, 0.717) is 0 Å². The third-order valence-corrected chi connectivity index (χ3v) is 8.03. The lowest BCUT2D eigenvalue weighted by molar-refractivity contribution is 0.993. The summed E-state index contributed by atoms with van der Waals surface area (Å²) in [6.45, 7) is 0. The average Bonchev–Trinajstić information content (AvgIpc) is 1.91. The van der Waals surface area contributed by atoms with E-state index in [2.05, 4.69) is 45.2 Å². The van der Waals surface area contributed by atoms with Crippen molar-refractivity contribution in [1.82, 2.24) is 0 Å². The Kier molecular flexibility index (Phi) is 3.16. The van der Waals surface area contributed by atoms with Crippen molar-refractivity contribution in [1.29, 1.82) is 0 Å². The first-order valence-electron chi connectivity index (χ1n) is 2.32. The van der Waals surface area contributed by atoms with E-state index in [4.69, 9.17) is 0 Å². The molecule has 0 nitrogen and oxygen atoms in total. The van der Waals surface area contributed by atoms with Gasteiger partial charge in [-0.1, -0.05) is 45.2 Å². The van der Waals surface area contributed by atoms with Crippen LogP contribution in [0.2, 0.25) is 0 Å². The van der Waals surface area contributed by atoms with Gasteiger partial charge in [-0.15, -0.1) is 8.58 Å². The first kappa shape index (κ1) is 7.00. The first-order chi connectivity index (χ1) is 3.30. The van der Waals surface area contributed by atoms with Crippen LogP contribution < -0.4 is 0 Å². The van der Waals surface area contributed by atoms with Crippen LogP contribution in [0.25, 0.3) is 0 Å². The molecule has 0 bridgehead atoms. The molecule has 0 aromatic rings. The number of hydrogen-bond donors (Lipinski definition) is 0. The molecule has 0 aliphatic carbocycles. The second kappa shape index (κ2) is 3.16. The van der Waals surface area contributed by atoms with Gasteiger partial charge in [0.2, 0.25) is 0 Å². The van der Waals surface area contributed by atoms with Crippen molar-refractivity contribution in [3.05, 3.63) is 0 Å². The van der Waals surface area contributed by atoms with E-state index in [9.17, 15) is 0 Å². The van der Waals surface area contributed by atoms with Gasteiger partial charge in [0.05, 0.1) is 0 Å². The van der Waals surface area contributed by atoms with Crippen molar-refractivity contribution >= 4 is 53.8 Å². The van der Waals surface area contributed by atoms with Gasteiger partial charge in [0, 0.05) is 7.59 Å². The summed E-state index contributed by atoms with van der Waals surface area (Å²) in [5.41, 5.74) is 0. The Balaban J connectivity index is 2.33. The normalized spacial score (nSPS) is 45.4. The molecule has 2 unspecified atom stereocenters. The van der Waals surface area contributed by atoms with Crippen molar-refractivity contribution in [3.63, 3.8) is 0 Å². The Morgan fingerprint density at radius 3 is 2.29 bits per heavy atom. The molecule has 1 saturated heterocycles. The van der Waals surface area contributed by atoms with E-state index >= 15 is 0 Å². The minimum atomic E-state index is 0.983. The van der Waals surface area contributed by atoms with Crippen molar-refractivity contribution < 1.29 is 0 Å². The number of alkyl halides is 2. The van der Waals surface area contributed by atoms with Crippen LogP contribution in [0.5, 0.6) is 0 Å². The Morgan fingerprint density at radius 2 is 2.14 bits per heavy atom. The maximum atomic E-state index is 2.56. The Labute approximate surface area is 73.3 Å². The molecule has 42 valence electrons. The van der Waals surface area contributed by atoms with Crippen LogP contribution in [-0.2, 0) is 0 Å². The van der Waals surface area contributed by atoms with Crippen LogP contribution in [-0.4, -0.2) is 13.8 Å². The molecule has 0 aromatic carbocycles. The Hall–Kier alpha value is 1.89. The Bertz CT molecular complexity index is 58.7. The molecule has 3 atom stereocenters. The zero-order valence-electron chi connectivity index (χ0n) is 3.82. The molecule has 3 heteroatoms. The zero-order chi connectivity index (χ0) is 5.28. The summed E-state index contributed by atoms with van der Waals surface area (Å²) < 4.78 is 1.98. The molecular formula is C4H7I2P. The van der Waals surface area contributed by atoms with E-state index in [-0.39, 0.29) is 0 Å². The minimum absolute atomic E-state index is 0.983. The summed E-state index contributed by atoms with van der Waals surface area (Å²) >= 11 is 5.12. The lowest BCUT2D eigenvalue weighted by Gasteiger charge is -2.00. The van der Waals surface area contributed by atoms with Gasteiger partial charge in [-0.25, -0.2) is 0 Å². The molecule has 1 aliphatic rings. The fourth-order valence-electron chi connectivity index (χ4n) is 0.633. The van der Waals surface area contributed by atoms with Crippen LogP contribution in [0.1, 0.15) is 6.42 Å². The second-order valence-corrected chi connectivity index (χ2v) is 7.31. The SMILES string of the molecule is IC1CCP[C@@H]1I. The van der Waals surface area contributed by atoms with Crippen LogP contribution in [0.3, 0.4) is 0 Å². The molecule has 1 aliphatic heterocycles. The van der Waals surface area contributed by atoms with Crippen LogP contribution in [0.4, 0.5) is 0 Å². The molecule has 0 radical (unpaired) electrons. The van der Waals surface area contributed by atoms with E-state index in [0.717, 1.165) is 7.59 Å². The van der Waals surface area contributed by atoms with Gasteiger partial charge < -0.3 is 0 Å². The van der Waals surface area contributed by atoms with Gasteiger partial charge in [-0.3, -0.25) is 0 Å². The average molecular weight is 340 g/mol. The zero-order valence-corrected chi connectivity index (χ0v) is 9.14. The van der Waals surface area contributed by atoms with Gasteiger partial charge >= 0.3 is 0 Å². The Morgan fingerprint density at radius 1 is 1.43 bits per heavy atom. The highest BCUT2D eigenvalue weighted by molar-refractivity contribution is 14.1. The highest BCUT2D eigenvalue weighted by Crippen LogP contribution is 2.41. The van der Waals surface area contributed by atoms with E-state index < -0.39 is 0 Å². The topological polar surface area (TPSA) is 0 Å². The van der Waals surface area contributed by atoms with Crippen molar-refractivity contribution in [2.75, 3.05) is 6.16 Å². The highest BCUT2D eigenvalue weighted by Gasteiger charge is 2.20. The summed E-state index contributed by atoms with van der Waals surface area (Å²) in [5.74, 6) is 0. The van der Waals surface area contributed by atoms with Crippen LogP contribution in [0, 0.1) is 0 Å². The largest absolute Gasteiger partial charge is 0.107 e. The smallest absolute Gasteiger partial charge is 0.0399 e. The van der Waals surface area contributed by atoms with Crippen molar-refractivity contribution in [2.45, 2.75) is 14.0 Å². The standard InChI is InChI=1S/C4H7I2P/c5-3-1-2-7-4(3)6/h3-4,7H,1-2H2/t3?,4-/m0/s1. The number of halogens is 2. The summed E-state index contributed by atoms with van der Waals surface area (Å²) in [4.78, 5) is 0.